The Balaban J connectivity index is 3.00. The molecule has 0 saturated heterocycles. The first-order valence-corrected chi connectivity index (χ1v) is 4.33. The van der Waals surface area contributed by atoms with Crippen LogP contribution >= 0.6 is 0 Å². The van der Waals surface area contributed by atoms with E-state index in [-0.39, 0.29) is 0 Å². The molecule has 0 bridgehead atoms. The molecule has 1 rings (SSSR count). The Morgan fingerprint density at radius 2 is 1.93 bits per heavy atom. The molecule has 0 radical (unpaired) electrons. The number of carboxylic acid groups (broad SMARTS) is 1. The third-order valence-corrected chi connectivity index (χ3v) is 1.90. The van der Waals surface area contributed by atoms with Gasteiger partial charge in [0.15, 0.2) is 0 Å². The van der Waals surface area contributed by atoms with Crippen molar-refractivity contribution >= 4 is 11.5 Å². The van der Waals surface area contributed by atoms with Crippen molar-refractivity contribution < 1.29 is 9.90 Å². The van der Waals surface area contributed by atoms with Gasteiger partial charge in [-0.15, -0.1) is 5.73 Å². The van der Waals surface area contributed by atoms with E-state index in [1.807, 2.05) is 38.1 Å². The van der Waals surface area contributed by atoms with E-state index < -0.39 is 5.97 Å². The van der Waals surface area contributed by atoms with Crippen molar-refractivity contribution in [2.45, 2.75) is 13.8 Å². The lowest BCUT2D eigenvalue weighted by molar-refractivity contribution is -0.131. The zero-order valence-corrected chi connectivity index (χ0v) is 8.24. The van der Waals surface area contributed by atoms with Gasteiger partial charge in [-0.25, -0.2) is 4.79 Å². The van der Waals surface area contributed by atoms with Gasteiger partial charge in [0.1, 0.15) is 0 Å². The molecule has 14 heavy (non-hydrogen) atoms. The summed E-state index contributed by atoms with van der Waals surface area (Å²) >= 11 is 0. The molecule has 0 spiro atoms. The monoisotopic (exact) mass is 188 g/mol. The Morgan fingerprint density at radius 3 is 2.43 bits per heavy atom. The maximum absolute atomic E-state index is 10.3. The van der Waals surface area contributed by atoms with Gasteiger partial charge in [0.25, 0.3) is 0 Å². The van der Waals surface area contributed by atoms with Crippen LogP contribution in [0.3, 0.4) is 0 Å². The van der Waals surface area contributed by atoms with Crippen molar-refractivity contribution in [3.05, 3.63) is 47.2 Å². The van der Waals surface area contributed by atoms with Crippen LogP contribution in [0.4, 0.5) is 0 Å². The van der Waals surface area contributed by atoms with Gasteiger partial charge in [-0.1, -0.05) is 29.8 Å². The number of aryl methyl sites for hydroxylation is 1. The normalized spacial score (nSPS) is 9.00. The molecule has 1 aromatic rings. The lowest BCUT2D eigenvalue weighted by Crippen LogP contribution is -1.84. The van der Waals surface area contributed by atoms with Gasteiger partial charge >= 0.3 is 5.97 Å². The fourth-order valence-electron chi connectivity index (χ4n) is 1.06. The predicted octanol–water partition coefficient (Wildman–Crippen LogP) is 2.64. The molecule has 2 nitrogen and oxygen atoms in total. The van der Waals surface area contributed by atoms with Gasteiger partial charge in [-0.2, -0.15) is 0 Å². The molecular formula is C12H12O2. The van der Waals surface area contributed by atoms with Crippen LogP contribution < -0.4 is 0 Å². The van der Waals surface area contributed by atoms with Crippen LogP contribution in [0.1, 0.15) is 18.1 Å². The van der Waals surface area contributed by atoms with E-state index in [4.69, 9.17) is 5.11 Å². The first-order chi connectivity index (χ1) is 6.59. The Labute approximate surface area is 83.2 Å². The number of carbonyl (C=O) groups is 1. The van der Waals surface area contributed by atoms with E-state index in [1.54, 1.807) is 0 Å². The largest absolute Gasteiger partial charge is 0.478 e. The highest BCUT2D eigenvalue weighted by Crippen LogP contribution is 2.12. The van der Waals surface area contributed by atoms with Crippen molar-refractivity contribution in [3.8, 4) is 0 Å². The van der Waals surface area contributed by atoms with E-state index in [0.29, 0.717) is 0 Å². The molecule has 0 saturated carbocycles. The van der Waals surface area contributed by atoms with Crippen LogP contribution in [0.5, 0.6) is 0 Å². The van der Waals surface area contributed by atoms with Gasteiger partial charge in [-0.3, -0.25) is 0 Å². The van der Waals surface area contributed by atoms with Crippen molar-refractivity contribution in [2.75, 3.05) is 0 Å². The summed E-state index contributed by atoms with van der Waals surface area (Å²) < 4.78 is 0. The van der Waals surface area contributed by atoms with Gasteiger partial charge in [0.2, 0.25) is 0 Å². The third-order valence-electron chi connectivity index (χ3n) is 1.90. The van der Waals surface area contributed by atoms with Crippen LogP contribution in [0, 0.1) is 6.92 Å². The molecule has 0 aliphatic heterocycles. The summed E-state index contributed by atoms with van der Waals surface area (Å²) in [6, 6.07) is 7.88. The summed E-state index contributed by atoms with van der Waals surface area (Å²) in [6.07, 6.45) is 1.02. The Hall–Kier alpha value is -1.79. The van der Waals surface area contributed by atoms with E-state index in [9.17, 15) is 4.79 Å². The maximum atomic E-state index is 10.3. The van der Waals surface area contributed by atoms with Crippen LogP contribution in [-0.2, 0) is 4.79 Å². The van der Waals surface area contributed by atoms with E-state index >= 15 is 0 Å². The Kier molecular flexibility index (Phi) is 3.27. The lowest BCUT2D eigenvalue weighted by Gasteiger charge is -1.98. The molecule has 0 fully saturated rings. The van der Waals surface area contributed by atoms with Crippen molar-refractivity contribution in [3.63, 3.8) is 0 Å². The minimum atomic E-state index is -0.975. The SMILES string of the molecule is CC(=C=CC(=O)O)c1ccc(C)cc1. The number of benzene rings is 1. The number of aliphatic carboxylic acids is 1. The standard InChI is InChI=1S/C12H12O2/c1-9-3-6-11(7-4-9)10(2)5-8-12(13)14/h3-4,6-8H,1-2H3,(H,13,14). The summed E-state index contributed by atoms with van der Waals surface area (Å²) in [7, 11) is 0. The zero-order valence-electron chi connectivity index (χ0n) is 8.24. The summed E-state index contributed by atoms with van der Waals surface area (Å²) in [5.41, 5.74) is 5.71. The first-order valence-electron chi connectivity index (χ1n) is 4.33. The number of carboxylic acids is 1. The first kappa shape index (κ1) is 10.3. The number of rotatable bonds is 2. The number of hydrogen-bond acceptors (Lipinski definition) is 1. The van der Waals surface area contributed by atoms with Crippen LogP contribution in [0.2, 0.25) is 0 Å². The highest BCUT2D eigenvalue weighted by Gasteiger charge is 1.93. The molecule has 1 aromatic carbocycles. The highest BCUT2D eigenvalue weighted by atomic mass is 16.4. The second kappa shape index (κ2) is 4.45. The summed E-state index contributed by atoms with van der Waals surface area (Å²) in [6.45, 7) is 3.85. The fraction of sp³-hybridized carbons (Fsp3) is 0.167. The van der Waals surface area contributed by atoms with Gasteiger partial charge in [0, 0.05) is 0 Å². The maximum Gasteiger partial charge on any atom is 0.336 e. The fourth-order valence-corrected chi connectivity index (χ4v) is 1.06. The van der Waals surface area contributed by atoms with Gasteiger partial charge < -0.3 is 5.11 Å². The van der Waals surface area contributed by atoms with Crippen LogP contribution in [0.25, 0.3) is 5.57 Å². The molecule has 0 aliphatic rings. The molecule has 0 amide bonds. The summed E-state index contributed by atoms with van der Waals surface area (Å²) in [4.78, 5) is 10.3. The van der Waals surface area contributed by atoms with Crippen molar-refractivity contribution in [1.29, 1.82) is 0 Å². The molecule has 0 unspecified atom stereocenters. The van der Waals surface area contributed by atoms with E-state index in [2.05, 4.69) is 5.73 Å². The minimum Gasteiger partial charge on any atom is -0.478 e. The van der Waals surface area contributed by atoms with Crippen LogP contribution in [-0.4, -0.2) is 11.1 Å². The predicted molar refractivity (Wildman–Crippen MR) is 56.0 cm³/mol. The van der Waals surface area contributed by atoms with Crippen molar-refractivity contribution in [2.24, 2.45) is 0 Å². The lowest BCUT2D eigenvalue weighted by atomic mass is 10.1. The Bertz CT molecular complexity index is 393. The summed E-state index contributed by atoms with van der Waals surface area (Å²) in [5.74, 6) is -0.975. The van der Waals surface area contributed by atoms with Crippen molar-refractivity contribution in [1.82, 2.24) is 0 Å². The van der Waals surface area contributed by atoms with Gasteiger partial charge in [0.05, 0.1) is 6.08 Å². The second-order valence-corrected chi connectivity index (χ2v) is 3.12. The third kappa shape index (κ3) is 2.92. The number of hydrogen-bond donors (Lipinski definition) is 1. The van der Waals surface area contributed by atoms with Crippen LogP contribution in [0.15, 0.2) is 36.1 Å². The topological polar surface area (TPSA) is 37.3 Å². The average molecular weight is 188 g/mol. The second-order valence-electron chi connectivity index (χ2n) is 3.12. The molecule has 72 valence electrons. The van der Waals surface area contributed by atoms with E-state index in [1.165, 1.54) is 5.56 Å². The Morgan fingerprint density at radius 1 is 1.36 bits per heavy atom. The van der Waals surface area contributed by atoms with E-state index in [0.717, 1.165) is 17.2 Å². The molecule has 2 heteroatoms. The molecule has 0 heterocycles. The summed E-state index contributed by atoms with van der Waals surface area (Å²) in [5, 5.41) is 8.42. The molecular weight excluding hydrogens is 176 g/mol. The quantitative estimate of drug-likeness (QED) is 0.572. The van der Waals surface area contributed by atoms with Gasteiger partial charge in [-0.05, 0) is 25.0 Å². The molecule has 0 aromatic heterocycles. The molecule has 0 aliphatic carbocycles. The smallest absolute Gasteiger partial charge is 0.336 e. The molecule has 0 atom stereocenters. The average Bonchev–Trinajstić information content (AvgIpc) is 2.15. The highest BCUT2D eigenvalue weighted by molar-refractivity contribution is 5.81. The minimum absolute atomic E-state index is 0.826. The zero-order chi connectivity index (χ0) is 10.6. The molecule has 1 N–H and O–H groups in total.